The molecule has 0 radical (unpaired) electrons. The van der Waals surface area contributed by atoms with E-state index in [0.717, 1.165) is 33.0 Å². The Kier molecular flexibility index (Phi) is 10.9. The molecule has 1 saturated heterocycles. The predicted molar refractivity (Wildman–Crippen MR) is 145 cm³/mol. The van der Waals surface area contributed by atoms with Crippen LogP contribution in [0.25, 0.3) is 0 Å². The zero-order chi connectivity index (χ0) is 27.5. The van der Waals surface area contributed by atoms with Gasteiger partial charge in [0, 0.05) is 43.3 Å². The van der Waals surface area contributed by atoms with E-state index >= 15 is 0 Å². The minimum Gasteiger partial charge on any atom is -0.392 e. The van der Waals surface area contributed by atoms with Gasteiger partial charge in [0.2, 0.25) is 11.8 Å². The first-order valence-corrected chi connectivity index (χ1v) is 13.9. The highest BCUT2D eigenvalue weighted by atomic mass is 32.2. The summed E-state index contributed by atoms with van der Waals surface area (Å²) >= 11 is 1.65. The second-order valence-electron chi connectivity index (χ2n) is 9.24. The summed E-state index contributed by atoms with van der Waals surface area (Å²) in [4.78, 5) is 27.5. The molecule has 10 heteroatoms. The van der Waals surface area contributed by atoms with Crippen molar-refractivity contribution in [1.82, 2.24) is 15.8 Å². The number of carbonyl (C=O) groups excluding carboxylic acids is 2. The summed E-state index contributed by atoms with van der Waals surface area (Å²) in [6.07, 6.45) is 2.33. The fourth-order valence-corrected chi connectivity index (χ4v) is 5.06. The van der Waals surface area contributed by atoms with Gasteiger partial charge in [-0.05, 0) is 35.2 Å². The molecule has 4 N–H and O–H groups in total. The van der Waals surface area contributed by atoms with E-state index in [9.17, 15) is 14.7 Å². The summed E-state index contributed by atoms with van der Waals surface area (Å²) in [5, 5.41) is 21.7. The van der Waals surface area contributed by atoms with Crippen molar-refractivity contribution >= 4 is 23.6 Å². The van der Waals surface area contributed by atoms with Crippen LogP contribution in [0.1, 0.15) is 60.3 Å². The van der Waals surface area contributed by atoms with Crippen LogP contribution in [-0.2, 0) is 32.2 Å². The molecule has 4 rings (SSSR count). The van der Waals surface area contributed by atoms with Gasteiger partial charge < -0.3 is 19.9 Å². The Bertz CT molecular complexity index is 1190. The first kappa shape index (κ1) is 28.7. The normalized spacial score (nSPS) is 18.9. The van der Waals surface area contributed by atoms with Crippen molar-refractivity contribution < 1.29 is 29.4 Å². The molecular formula is C29H33N3O6S. The summed E-state index contributed by atoms with van der Waals surface area (Å²) in [7, 11) is 0. The van der Waals surface area contributed by atoms with Crippen LogP contribution in [0.3, 0.4) is 0 Å². The second-order valence-corrected chi connectivity index (χ2v) is 10.3. The molecule has 0 aliphatic carbocycles. The number of nitrogens with one attached hydrogen (secondary N) is 2. The summed E-state index contributed by atoms with van der Waals surface area (Å²) < 4.78 is 12.8. The van der Waals surface area contributed by atoms with E-state index in [2.05, 4.69) is 10.3 Å². The topological polar surface area (TPSA) is 130 Å². The van der Waals surface area contributed by atoms with Gasteiger partial charge in [0.15, 0.2) is 6.29 Å². The first-order chi connectivity index (χ1) is 19.0. The number of aliphatic hydroxyl groups excluding tert-OH is 1. The average Bonchev–Trinajstić information content (AvgIpc) is 2.99. The van der Waals surface area contributed by atoms with E-state index in [1.807, 2.05) is 66.7 Å². The predicted octanol–water partition coefficient (Wildman–Crippen LogP) is 4.20. The summed E-state index contributed by atoms with van der Waals surface area (Å²) in [5.41, 5.74) is 5.24. The van der Waals surface area contributed by atoms with E-state index < -0.39 is 12.2 Å². The smallest absolute Gasteiger partial charge is 0.243 e. The van der Waals surface area contributed by atoms with Crippen molar-refractivity contribution in [1.29, 1.82) is 0 Å². The maximum atomic E-state index is 12.0. The number of hydroxylamine groups is 1. The van der Waals surface area contributed by atoms with Gasteiger partial charge in [0.25, 0.3) is 0 Å². The maximum absolute atomic E-state index is 12.0. The number of amides is 2. The van der Waals surface area contributed by atoms with Crippen molar-refractivity contribution in [3.63, 3.8) is 0 Å². The molecule has 2 heterocycles. The van der Waals surface area contributed by atoms with E-state index in [4.69, 9.17) is 14.7 Å². The number of nitrogens with zero attached hydrogens (tertiary/aromatic N) is 1. The molecule has 3 atom stereocenters. The molecule has 39 heavy (non-hydrogen) atoms. The van der Waals surface area contributed by atoms with Crippen LogP contribution in [0.5, 0.6) is 0 Å². The van der Waals surface area contributed by atoms with Gasteiger partial charge in [-0.15, -0.1) is 11.8 Å². The lowest BCUT2D eigenvalue weighted by Crippen LogP contribution is -2.31. The number of thioether (sulfide) groups is 1. The molecule has 0 bridgehead atoms. The zero-order valence-corrected chi connectivity index (χ0v) is 22.3. The van der Waals surface area contributed by atoms with E-state index in [0.29, 0.717) is 19.4 Å². The molecule has 1 aliphatic rings. The van der Waals surface area contributed by atoms with Crippen molar-refractivity contribution in [3.05, 3.63) is 95.2 Å². The standard InChI is InChI=1S/C29H33N3O6S/c33-18-21-9-11-22(12-10-21)25-16-24(19-39-28-6-1-2-15-30-28)37-29(38-25)23-13-7-20(8-14-23)17-31-26(34)4-3-5-27(35)32-36/h1-2,6-15,24-25,29,33,36H,3-5,16-19H2,(H,31,34)(H,32,35). The Balaban J connectivity index is 1.38. The highest BCUT2D eigenvalue weighted by Crippen LogP contribution is 2.39. The third-order valence-corrected chi connectivity index (χ3v) is 7.42. The third kappa shape index (κ3) is 8.87. The number of carbonyl (C=O) groups is 2. The summed E-state index contributed by atoms with van der Waals surface area (Å²) in [6, 6.07) is 21.4. The number of hydrogen-bond donors (Lipinski definition) is 4. The van der Waals surface area contributed by atoms with E-state index in [1.54, 1.807) is 23.4 Å². The number of rotatable bonds is 12. The van der Waals surface area contributed by atoms with Crippen LogP contribution in [0.2, 0.25) is 0 Å². The minimum atomic E-state index is -0.558. The SMILES string of the molecule is O=C(CCCC(=O)NCc1ccc(C2OC(CSc3ccccn3)CC(c3ccc(CO)cc3)O2)cc1)NO. The quantitative estimate of drug-likeness (QED) is 0.150. The fourth-order valence-electron chi connectivity index (χ4n) is 4.18. The lowest BCUT2D eigenvalue weighted by atomic mass is 10.0. The Labute approximate surface area is 231 Å². The molecule has 0 spiro atoms. The van der Waals surface area contributed by atoms with Crippen LogP contribution < -0.4 is 10.8 Å². The molecule has 2 amide bonds. The number of benzene rings is 2. The first-order valence-electron chi connectivity index (χ1n) is 12.9. The van der Waals surface area contributed by atoms with E-state index in [1.165, 1.54) is 0 Å². The Morgan fingerprint density at radius 1 is 0.923 bits per heavy atom. The largest absolute Gasteiger partial charge is 0.392 e. The monoisotopic (exact) mass is 551 g/mol. The van der Waals surface area contributed by atoms with Crippen molar-refractivity contribution in [3.8, 4) is 0 Å². The molecule has 1 aliphatic heterocycles. The average molecular weight is 552 g/mol. The molecule has 3 unspecified atom stereocenters. The number of hydrogen-bond acceptors (Lipinski definition) is 8. The van der Waals surface area contributed by atoms with Gasteiger partial charge in [-0.25, -0.2) is 10.5 Å². The fraction of sp³-hybridized carbons (Fsp3) is 0.345. The van der Waals surface area contributed by atoms with Crippen molar-refractivity contribution in [2.75, 3.05) is 5.75 Å². The molecule has 9 nitrogen and oxygen atoms in total. The Morgan fingerprint density at radius 2 is 1.64 bits per heavy atom. The summed E-state index contributed by atoms with van der Waals surface area (Å²) in [6.45, 7) is 0.357. The lowest BCUT2D eigenvalue weighted by Gasteiger charge is -2.36. The molecule has 1 fully saturated rings. The molecule has 2 aromatic carbocycles. The van der Waals surface area contributed by atoms with Gasteiger partial charge in [0.1, 0.15) is 0 Å². The number of aliphatic hydroxyl groups is 1. The zero-order valence-electron chi connectivity index (χ0n) is 21.5. The highest BCUT2D eigenvalue weighted by molar-refractivity contribution is 7.99. The van der Waals surface area contributed by atoms with E-state index in [-0.39, 0.29) is 37.6 Å². The van der Waals surface area contributed by atoms with Gasteiger partial charge in [0.05, 0.1) is 23.8 Å². The van der Waals surface area contributed by atoms with Gasteiger partial charge in [-0.1, -0.05) is 54.6 Å². The number of pyridine rings is 1. The molecule has 0 saturated carbocycles. The minimum absolute atomic E-state index is 0.00540. The third-order valence-electron chi connectivity index (χ3n) is 6.34. The highest BCUT2D eigenvalue weighted by Gasteiger charge is 2.32. The van der Waals surface area contributed by atoms with Gasteiger partial charge in [-0.2, -0.15) is 0 Å². The van der Waals surface area contributed by atoms with Gasteiger partial charge in [-0.3, -0.25) is 14.8 Å². The maximum Gasteiger partial charge on any atom is 0.243 e. The van der Waals surface area contributed by atoms with Crippen LogP contribution in [0.4, 0.5) is 0 Å². The molecular weight excluding hydrogens is 518 g/mol. The van der Waals surface area contributed by atoms with Crippen LogP contribution in [0.15, 0.2) is 78.0 Å². The van der Waals surface area contributed by atoms with Crippen LogP contribution in [-0.4, -0.2) is 39.0 Å². The number of ether oxygens (including phenoxy) is 2. The van der Waals surface area contributed by atoms with Gasteiger partial charge >= 0.3 is 0 Å². The number of aromatic nitrogens is 1. The van der Waals surface area contributed by atoms with Crippen molar-refractivity contribution in [2.45, 2.75) is 62.4 Å². The lowest BCUT2D eigenvalue weighted by molar-refractivity contribution is -0.245. The van der Waals surface area contributed by atoms with Crippen LogP contribution in [0, 0.1) is 0 Å². The van der Waals surface area contributed by atoms with Crippen LogP contribution >= 0.6 is 11.8 Å². The molecule has 1 aromatic heterocycles. The summed E-state index contributed by atoms with van der Waals surface area (Å²) in [5.74, 6) is 0.0613. The Hall–Kier alpha value is -3.28. The Morgan fingerprint density at radius 3 is 2.33 bits per heavy atom. The second kappa shape index (κ2) is 14.8. The molecule has 3 aromatic rings. The molecule has 206 valence electrons. The van der Waals surface area contributed by atoms with Crippen molar-refractivity contribution in [2.24, 2.45) is 0 Å².